The lowest BCUT2D eigenvalue weighted by Crippen LogP contribution is -2.60. The molecule has 14 nitrogen and oxygen atoms in total. The third-order valence-corrected chi connectivity index (χ3v) is 10.3. The van der Waals surface area contributed by atoms with Crippen LogP contribution >= 0.6 is 0 Å². The maximum absolute atomic E-state index is 13.6. The summed E-state index contributed by atoms with van der Waals surface area (Å²) in [6, 6.07) is -0.407. The van der Waals surface area contributed by atoms with Gasteiger partial charge in [-0.1, -0.05) is 32.9 Å². The first kappa shape index (κ1) is 39.5. The van der Waals surface area contributed by atoms with E-state index >= 15 is 0 Å². The van der Waals surface area contributed by atoms with E-state index in [2.05, 4.69) is 10.3 Å². The Labute approximate surface area is 279 Å². The van der Waals surface area contributed by atoms with Gasteiger partial charge in [0.25, 0.3) is 7.98 Å². The molecule has 1 aromatic rings. The molecule has 2 fully saturated rings. The lowest BCUT2D eigenvalue weighted by molar-refractivity contribution is -0.299. The molecule has 0 unspecified atom stereocenters. The lowest BCUT2D eigenvalue weighted by atomic mass is 9.74. The summed E-state index contributed by atoms with van der Waals surface area (Å²) < 4.78 is 19.2. The molecule has 2 saturated heterocycles. The smallest absolute Gasteiger partial charge is 0.311 e. The van der Waals surface area contributed by atoms with Crippen molar-refractivity contribution in [2.75, 3.05) is 13.6 Å². The van der Waals surface area contributed by atoms with E-state index in [0.29, 0.717) is 25.1 Å². The van der Waals surface area contributed by atoms with Crippen LogP contribution in [-0.4, -0.2) is 139 Å². The summed E-state index contributed by atoms with van der Waals surface area (Å²) >= 11 is 0. The van der Waals surface area contributed by atoms with Crippen molar-refractivity contribution in [3.05, 3.63) is 11.9 Å². The number of nitrogens with zero attached hydrogens (tertiary/aromatic N) is 4. The highest BCUT2D eigenvalue weighted by molar-refractivity contribution is 6.05. The molecule has 14 atom stereocenters. The van der Waals surface area contributed by atoms with E-state index in [1.54, 1.807) is 27.0 Å². The van der Waals surface area contributed by atoms with Gasteiger partial charge in [0.2, 0.25) is 0 Å². The third kappa shape index (κ3) is 8.98. The predicted molar refractivity (Wildman–Crippen MR) is 171 cm³/mol. The molecule has 1 aromatic heterocycles. The predicted octanol–water partition coefficient (Wildman–Crippen LogP) is -0.00360. The molecule has 5 N–H and O–H groups in total. The van der Waals surface area contributed by atoms with Crippen molar-refractivity contribution in [3.63, 3.8) is 0 Å². The second kappa shape index (κ2) is 15.7. The van der Waals surface area contributed by atoms with Crippen molar-refractivity contribution in [1.82, 2.24) is 19.8 Å². The first-order valence-electron chi connectivity index (χ1n) is 16.6. The normalized spacial score (nSPS) is 43.0. The van der Waals surface area contributed by atoms with Gasteiger partial charge >= 0.3 is 5.97 Å². The van der Waals surface area contributed by atoms with E-state index < -0.39 is 89.5 Å². The van der Waals surface area contributed by atoms with Gasteiger partial charge in [-0.25, -0.2) is 0 Å². The number of carbonyl (C=O) groups is 2. The van der Waals surface area contributed by atoms with Gasteiger partial charge in [0, 0.05) is 43.0 Å². The number of likely N-dealkylation sites (N-methyl/N-ethyl adjacent to an activating group) is 1. The largest absolute Gasteiger partial charge is 0.459 e. The van der Waals surface area contributed by atoms with E-state index in [1.807, 2.05) is 18.9 Å². The Balaban J connectivity index is 1.93. The summed E-state index contributed by atoms with van der Waals surface area (Å²) in [4.78, 5) is 28.8. The molecule has 0 bridgehead atoms. The molecule has 2 aliphatic heterocycles. The van der Waals surface area contributed by atoms with E-state index in [9.17, 15) is 35.1 Å². The Bertz CT molecular complexity index is 1200. The van der Waals surface area contributed by atoms with Crippen LogP contribution in [0.3, 0.4) is 0 Å². The minimum atomic E-state index is -1.97. The van der Waals surface area contributed by atoms with Crippen LogP contribution in [0.15, 0.2) is 6.20 Å². The quantitative estimate of drug-likeness (QED) is 0.193. The number of Topliss-reactive ketones (excluding diaryl/α,β-unsaturated/α-hetero) is 1. The fourth-order valence-corrected chi connectivity index (χ4v) is 7.22. The zero-order chi connectivity index (χ0) is 35.6. The number of aliphatic hydroxyl groups is 5. The summed E-state index contributed by atoms with van der Waals surface area (Å²) in [7, 11) is 7.47. The van der Waals surface area contributed by atoms with Crippen LogP contribution in [0.2, 0.25) is 0 Å². The van der Waals surface area contributed by atoms with Gasteiger partial charge in [0.15, 0.2) is 6.29 Å². The van der Waals surface area contributed by atoms with E-state index in [1.165, 1.54) is 27.7 Å². The van der Waals surface area contributed by atoms with Crippen LogP contribution in [0.1, 0.15) is 80.3 Å². The molecular weight excluding hydrogens is 611 g/mol. The minimum Gasteiger partial charge on any atom is -0.459 e. The van der Waals surface area contributed by atoms with Crippen LogP contribution in [0.5, 0.6) is 0 Å². The van der Waals surface area contributed by atoms with Crippen LogP contribution in [-0.2, 0) is 30.2 Å². The van der Waals surface area contributed by atoms with Gasteiger partial charge in [0.05, 0.1) is 41.6 Å². The highest BCUT2D eigenvalue weighted by atomic mass is 16.7. The van der Waals surface area contributed by atoms with Crippen molar-refractivity contribution in [2.45, 2.75) is 141 Å². The summed E-state index contributed by atoms with van der Waals surface area (Å²) in [5.41, 5.74) is -3.07. The number of carbonyl (C=O) groups excluding carboxylic acids is 2. The number of aliphatic hydroxyl groups excluding tert-OH is 3. The highest BCUT2D eigenvalue weighted by Crippen LogP contribution is 2.37. The second-order valence-corrected chi connectivity index (χ2v) is 14.4. The zero-order valence-corrected chi connectivity index (χ0v) is 29.2. The molecule has 0 aliphatic carbocycles. The van der Waals surface area contributed by atoms with E-state index in [4.69, 9.17) is 22.2 Å². The molecule has 3 rings (SSSR count). The van der Waals surface area contributed by atoms with Gasteiger partial charge < -0.3 is 49.2 Å². The highest BCUT2D eigenvalue weighted by Gasteiger charge is 2.51. The standard InChI is InChI=1S/C32H55BN4O10/c1-10-23-32(8,44)27(41)18(4)24(38)16(2)14-31(7,43)28(19(5)25(39)20(6)29(42)46-23)47-30-26(40)22(13-17(3)45-30)36(9)12-11-21-15-37(33)35-34-21/h15-20,22-23,25-28,30,39-41,43-44H,10-14H2,1-9H3/t16-,17-,18+,19-,20-,22+,23-,25+,26-,27-,28-,30+,31-,32-/m1/s1. The van der Waals surface area contributed by atoms with Gasteiger partial charge in [-0.05, 0) is 54.0 Å². The number of esters is 1. The lowest BCUT2D eigenvalue weighted by Gasteiger charge is -2.47. The number of hydrogen-bond acceptors (Lipinski definition) is 13. The first-order chi connectivity index (χ1) is 21.7. The molecule has 47 heavy (non-hydrogen) atoms. The van der Waals surface area contributed by atoms with Crippen LogP contribution < -0.4 is 0 Å². The van der Waals surface area contributed by atoms with Crippen LogP contribution in [0.25, 0.3) is 0 Å². The summed E-state index contributed by atoms with van der Waals surface area (Å²) in [6.07, 6.45) is -5.52. The van der Waals surface area contributed by atoms with Crippen molar-refractivity contribution < 1.29 is 49.3 Å². The molecule has 0 saturated carbocycles. The number of aromatic nitrogens is 3. The Kier molecular flexibility index (Phi) is 13.2. The molecule has 15 heteroatoms. The molecule has 0 spiro atoms. The average Bonchev–Trinajstić information content (AvgIpc) is 3.43. The number of cyclic esters (lactones) is 1. The Morgan fingerprint density at radius 3 is 2.30 bits per heavy atom. The Morgan fingerprint density at radius 1 is 1.09 bits per heavy atom. The molecule has 0 aromatic carbocycles. The topological polar surface area (TPSA) is 197 Å². The fourth-order valence-electron chi connectivity index (χ4n) is 7.22. The monoisotopic (exact) mass is 666 g/mol. The van der Waals surface area contributed by atoms with Gasteiger partial charge in [-0.15, -0.1) is 5.10 Å². The van der Waals surface area contributed by atoms with E-state index in [-0.39, 0.29) is 18.9 Å². The van der Waals surface area contributed by atoms with Crippen molar-refractivity contribution >= 4 is 19.7 Å². The Hall–Kier alpha value is -1.98. The minimum absolute atomic E-state index is 0.142. The average molecular weight is 667 g/mol. The number of ketones is 1. The molecule has 266 valence electrons. The van der Waals surface area contributed by atoms with Crippen molar-refractivity contribution in [2.24, 2.45) is 23.7 Å². The third-order valence-electron chi connectivity index (χ3n) is 10.3. The molecular formula is C32H55BN4O10. The van der Waals surface area contributed by atoms with Crippen molar-refractivity contribution in [3.8, 4) is 0 Å². The summed E-state index contributed by atoms with van der Waals surface area (Å²) in [5, 5.41) is 65.2. The van der Waals surface area contributed by atoms with Gasteiger partial charge in [-0.2, -0.15) is 0 Å². The van der Waals surface area contributed by atoms with Crippen molar-refractivity contribution in [1.29, 1.82) is 0 Å². The second-order valence-electron chi connectivity index (χ2n) is 14.4. The molecule has 3 heterocycles. The maximum atomic E-state index is 13.6. The molecule has 2 radical (unpaired) electrons. The SMILES string of the molecule is [B]n1cc(CCN(C)[C@H]2C[C@@H](C)O[C@@H](O[C@@H]3[C@H](C)[C@H](O)[C@@H](C)C(=O)O[C@H](CC)[C@@](C)(O)[C@H](O)[C@@H](C)C(=O)[C@H](C)C[C@@]3(C)O)[C@@H]2O)nn1. The fraction of sp³-hybridized carbons (Fsp3) is 0.875. The van der Waals surface area contributed by atoms with E-state index in [0.717, 1.165) is 4.59 Å². The first-order valence-corrected chi connectivity index (χ1v) is 16.6. The molecule has 2 aliphatic rings. The van der Waals surface area contributed by atoms with Crippen LogP contribution in [0.4, 0.5) is 0 Å². The van der Waals surface area contributed by atoms with Gasteiger partial charge in [0.1, 0.15) is 23.6 Å². The van der Waals surface area contributed by atoms with Crippen LogP contribution in [0, 0.1) is 23.7 Å². The Morgan fingerprint density at radius 2 is 1.72 bits per heavy atom. The molecule has 0 amide bonds. The maximum Gasteiger partial charge on any atom is 0.311 e. The number of rotatable bonds is 7. The number of ether oxygens (including phenoxy) is 3. The summed E-state index contributed by atoms with van der Waals surface area (Å²) in [5.74, 6) is -5.19. The summed E-state index contributed by atoms with van der Waals surface area (Å²) in [6.45, 7) is 13.0. The van der Waals surface area contributed by atoms with Gasteiger partial charge in [-0.3, -0.25) is 9.59 Å². The number of hydrogen-bond donors (Lipinski definition) is 5. The zero-order valence-electron chi connectivity index (χ0n) is 29.2.